The Bertz CT molecular complexity index is 584. The van der Waals surface area contributed by atoms with Gasteiger partial charge in [0, 0.05) is 11.6 Å². The zero-order valence-electron chi connectivity index (χ0n) is 9.74. The molecule has 0 aromatic heterocycles. The molecule has 0 aliphatic heterocycles. The highest BCUT2D eigenvalue weighted by Crippen LogP contribution is 2.11. The smallest absolute Gasteiger partial charge is 0.242 e. The normalized spacial score (nSPS) is 12.3. The quantitative estimate of drug-likeness (QED) is 0.341. The summed E-state index contributed by atoms with van der Waals surface area (Å²) < 4.78 is 0. The van der Waals surface area contributed by atoms with Gasteiger partial charge in [0.05, 0.1) is 6.07 Å². The number of Topliss-reactive ketones (excluding diaryl/α,β-unsaturated/α-hetero) is 1. The maximum Gasteiger partial charge on any atom is 0.242 e. The standard InChI is InChI=1S/C13H10N2O4/c14-7-9(13(15)19)12(18)11(17)6-10(16)8-4-2-1-3-5-8/h1-6,9,16H,(H2,15,19). The van der Waals surface area contributed by atoms with Gasteiger partial charge in [-0.25, -0.2) is 0 Å². The predicted molar refractivity (Wildman–Crippen MR) is 65.4 cm³/mol. The lowest BCUT2D eigenvalue weighted by Crippen LogP contribution is -2.33. The summed E-state index contributed by atoms with van der Waals surface area (Å²) in [5.41, 5.74) is 5.14. The average molecular weight is 258 g/mol. The number of rotatable bonds is 5. The Balaban J connectivity index is 2.94. The van der Waals surface area contributed by atoms with Gasteiger partial charge in [0.15, 0.2) is 5.92 Å². The molecule has 96 valence electrons. The summed E-state index contributed by atoms with van der Waals surface area (Å²) in [6.07, 6.45) is 0.658. The molecule has 1 amide bonds. The minimum absolute atomic E-state index is 0.330. The summed E-state index contributed by atoms with van der Waals surface area (Å²) in [7, 11) is 0. The minimum atomic E-state index is -1.84. The number of carbonyl (C=O) groups excluding carboxylic acids is 3. The van der Waals surface area contributed by atoms with Crippen molar-refractivity contribution in [1.82, 2.24) is 0 Å². The molecule has 1 rings (SSSR count). The number of carbonyl (C=O) groups is 3. The summed E-state index contributed by atoms with van der Waals surface area (Å²) in [5, 5.41) is 18.2. The number of aliphatic hydroxyl groups is 1. The van der Waals surface area contributed by atoms with Gasteiger partial charge in [-0.3, -0.25) is 14.4 Å². The van der Waals surface area contributed by atoms with E-state index in [1.807, 2.05) is 0 Å². The average Bonchev–Trinajstić information content (AvgIpc) is 2.39. The maximum absolute atomic E-state index is 11.5. The van der Waals surface area contributed by atoms with Gasteiger partial charge in [-0.2, -0.15) is 5.26 Å². The lowest BCUT2D eigenvalue weighted by Gasteiger charge is -2.01. The monoisotopic (exact) mass is 258 g/mol. The molecule has 0 saturated carbocycles. The van der Waals surface area contributed by atoms with Crippen LogP contribution >= 0.6 is 0 Å². The number of ketones is 2. The third kappa shape index (κ3) is 3.51. The highest BCUT2D eigenvalue weighted by Gasteiger charge is 2.29. The van der Waals surface area contributed by atoms with Gasteiger partial charge in [-0.05, 0) is 0 Å². The van der Waals surface area contributed by atoms with Crippen LogP contribution in [0.3, 0.4) is 0 Å². The van der Waals surface area contributed by atoms with Crippen LogP contribution in [-0.2, 0) is 14.4 Å². The maximum atomic E-state index is 11.5. The molecular formula is C13H10N2O4. The molecule has 0 bridgehead atoms. The Morgan fingerprint density at radius 1 is 1.26 bits per heavy atom. The molecule has 1 aromatic rings. The molecule has 6 nitrogen and oxygen atoms in total. The number of hydrogen-bond acceptors (Lipinski definition) is 5. The number of allylic oxidation sites excluding steroid dienone is 1. The Kier molecular flexibility index (Phi) is 4.55. The summed E-state index contributed by atoms with van der Waals surface area (Å²) >= 11 is 0. The van der Waals surface area contributed by atoms with Gasteiger partial charge < -0.3 is 10.8 Å². The fraction of sp³-hybridized carbons (Fsp3) is 0.0769. The number of aliphatic hydroxyl groups excluding tert-OH is 1. The van der Waals surface area contributed by atoms with Crippen molar-refractivity contribution in [2.45, 2.75) is 0 Å². The second kappa shape index (κ2) is 6.12. The van der Waals surface area contributed by atoms with E-state index in [-0.39, 0.29) is 0 Å². The van der Waals surface area contributed by atoms with Crippen molar-refractivity contribution in [3.63, 3.8) is 0 Å². The fourth-order valence-electron chi connectivity index (χ4n) is 1.28. The van der Waals surface area contributed by atoms with Crippen molar-refractivity contribution in [3.8, 4) is 6.07 Å². The fourth-order valence-corrected chi connectivity index (χ4v) is 1.28. The highest BCUT2D eigenvalue weighted by atomic mass is 16.3. The van der Waals surface area contributed by atoms with Crippen LogP contribution in [0.15, 0.2) is 36.4 Å². The topological polar surface area (TPSA) is 121 Å². The summed E-state index contributed by atoms with van der Waals surface area (Å²) in [5.74, 6) is -5.90. The predicted octanol–water partition coefficient (Wildman–Crippen LogP) is 0.349. The molecule has 3 N–H and O–H groups in total. The highest BCUT2D eigenvalue weighted by molar-refractivity contribution is 6.46. The number of amides is 1. The van der Waals surface area contributed by atoms with Crippen LogP contribution in [0.1, 0.15) is 5.56 Å². The summed E-state index contributed by atoms with van der Waals surface area (Å²) in [4.78, 5) is 33.7. The van der Waals surface area contributed by atoms with E-state index in [2.05, 4.69) is 0 Å². The third-order valence-corrected chi connectivity index (χ3v) is 2.26. The van der Waals surface area contributed by atoms with Crippen LogP contribution in [0.5, 0.6) is 0 Å². The van der Waals surface area contributed by atoms with Crippen LogP contribution in [0, 0.1) is 17.2 Å². The van der Waals surface area contributed by atoms with Crippen molar-refractivity contribution in [1.29, 1.82) is 5.26 Å². The largest absolute Gasteiger partial charge is 0.507 e. The van der Waals surface area contributed by atoms with Gasteiger partial charge in [-0.15, -0.1) is 0 Å². The summed E-state index contributed by atoms with van der Waals surface area (Å²) in [6.45, 7) is 0. The van der Waals surface area contributed by atoms with E-state index < -0.39 is 29.2 Å². The van der Waals surface area contributed by atoms with Crippen molar-refractivity contribution in [2.24, 2.45) is 11.7 Å². The van der Waals surface area contributed by atoms with Gasteiger partial charge in [0.25, 0.3) is 0 Å². The van der Waals surface area contributed by atoms with E-state index in [1.54, 1.807) is 18.2 Å². The van der Waals surface area contributed by atoms with Crippen LogP contribution < -0.4 is 5.73 Å². The zero-order valence-corrected chi connectivity index (χ0v) is 9.74. The van der Waals surface area contributed by atoms with Crippen LogP contribution in [-0.4, -0.2) is 22.6 Å². The molecule has 0 heterocycles. The molecule has 0 spiro atoms. The van der Waals surface area contributed by atoms with Crippen LogP contribution in [0.2, 0.25) is 0 Å². The van der Waals surface area contributed by atoms with E-state index in [9.17, 15) is 19.5 Å². The second-order valence-corrected chi connectivity index (χ2v) is 3.59. The first-order valence-corrected chi connectivity index (χ1v) is 5.20. The van der Waals surface area contributed by atoms with Gasteiger partial charge in [0.2, 0.25) is 17.5 Å². The zero-order chi connectivity index (χ0) is 14.4. The van der Waals surface area contributed by atoms with Crippen molar-refractivity contribution in [2.75, 3.05) is 0 Å². The molecule has 0 saturated heterocycles. The number of nitrogens with zero attached hydrogens (tertiary/aromatic N) is 1. The number of primary amides is 1. The van der Waals surface area contributed by atoms with Crippen LogP contribution in [0.4, 0.5) is 0 Å². The first-order chi connectivity index (χ1) is 8.97. The minimum Gasteiger partial charge on any atom is -0.507 e. The molecule has 0 aliphatic rings. The molecule has 1 atom stereocenters. The number of hydrogen-bond donors (Lipinski definition) is 2. The Morgan fingerprint density at radius 2 is 1.84 bits per heavy atom. The van der Waals surface area contributed by atoms with E-state index >= 15 is 0 Å². The van der Waals surface area contributed by atoms with E-state index in [4.69, 9.17) is 11.0 Å². The lowest BCUT2D eigenvalue weighted by atomic mass is 10.0. The lowest BCUT2D eigenvalue weighted by molar-refractivity contribution is -0.138. The Morgan fingerprint density at radius 3 is 2.32 bits per heavy atom. The number of nitriles is 1. The molecular weight excluding hydrogens is 248 g/mol. The Labute approximate surface area is 108 Å². The van der Waals surface area contributed by atoms with E-state index in [0.29, 0.717) is 11.6 Å². The SMILES string of the molecule is N#CC(C(N)=O)C(=O)C(=O)C=C(O)c1ccccc1. The first-order valence-electron chi connectivity index (χ1n) is 5.20. The van der Waals surface area contributed by atoms with Gasteiger partial charge >= 0.3 is 0 Å². The molecule has 6 heteroatoms. The van der Waals surface area contributed by atoms with Gasteiger partial charge in [-0.1, -0.05) is 30.3 Å². The number of benzene rings is 1. The summed E-state index contributed by atoms with van der Waals surface area (Å²) in [6, 6.07) is 9.37. The molecule has 0 radical (unpaired) electrons. The molecule has 0 aliphatic carbocycles. The van der Waals surface area contributed by atoms with Crippen molar-refractivity contribution >= 4 is 23.2 Å². The van der Waals surface area contributed by atoms with Crippen molar-refractivity contribution < 1.29 is 19.5 Å². The molecule has 1 aromatic carbocycles. The Hall–Kier alpha value is -2.94. The first kappa shape index (κ1) is 14.1. The third-order valence-electron chi connectivity index (χ3n) is 2.26. The molecule has 0 fully saturated rings. The van der Waals surface area contributed by atoms with E-state index in [0.717, 1.165) is 0 Å². The second-order valence-electron chi connectivity index (χ2n) is 3.59. The molecule has 1 unspecified atom stereocenters. The molecule has 19 heavy (non-hydrogen) atoms. The van der Waals surface area contributed by atoms with Gasteiger partial charge in [0.1, 0.15) is 5.76 Å². The number of nitrogens with two attached hydrogens (primary N) is 1. The van der Waals surface area contributed by atoms with E-state index in [1.165, 1.54) is 18.2 Å². The van der Waals surface area contributed by atoms with Crippen molar-refractivity contribution in [3.05, 3.63) is 42.0 Å². The van der Waals surface area contributed by atoms with Crippen LogP contribution in [0.25, 0.3) is 5.76 Å².